The molecule has 35 heavy (non-hydrogen) atoms. The fourth-order valence-corrected chi connectivity index (χ4v) is 4.76. The summed E-state index contributed by atoms with van der Waals surface area (Å²) in [6.07, 6.45) is -3.72. The number of alkyl halides is 3. The highest BCUT2D eigenvalue weighted by molar-refractivity contribution is 9.10. The molecular weight excluding hydrogens is 547 g/mol. The van der Waals surface area contributed by atoms with Crippen molar-refractivity contribution in [2.45, 2.75) is 24.5 Å². The molecule has 0 fully saturated rings. The summed E-state index contributed by atoms with van der Waals surface area (Å²) in [5.74, 6) is -0.807. The van der Waals surface area contributed by atoms with Gasteiger partial charge in [-0.25, -0.2) is 13.8 Å². The van der Waals surface area contributed by atoms with E-state index in [1.165, 1.54) is 30.3 Å². The number of rotatable bonds is 8. The van der Waals surface area contributed by atoms with Crippen molar-refractivity contribution >= 4 is 38.1 Å². The Morgan fingerprint density at radius 3 is 2.29 bits per heavy atom. The number of sulfonamides is 1. The number of nitrogens with zero attached hydrogens (tertiary/aromatic N) is 2. The van der Waals surface area contributed by atoms with E-state index in [1.807, 2.05) is 6.92 Å². The first kappa shape index (κ1) is 26.6. The fraction of sp³-hybridized carbons (Fsp3) is 0.167. The van der Waals surface area contributed by atoms with Gasteiger partial charge in [0.2, 0.25) is 10.0 Å². The number of hydrogen-bond acceptors (Lipinski definition) is 4. The van der Waals surface area contributed by atoms with Crippen molar-refractivity contribution in [2.24, 2.45) is 5.10 Å². The highest BCUT2D eigenvalue weighted by Crippen LogP contribution is 2.31. The molecule has 11 heteroatoms. The van der Waals surface area contributed by atoms with E-state index in [0.717, 1.165) is 26.6 Å². The maximum Gasteiger partial charge on any atom is 0.417 e. The highest BCUT2D eigenvalue weighted by Gasteiger charge is 2.32. The van der Waals surface area contributed by atoms with Crippen molar-refractivity contribution in [3.05, 3.63) is 99.5 Å². The Kier molecular flexibility index (Phi) is 8.47. The van der Waals surface area contributed by atoms with E-state index in [9.17, 15) is 26.4 Å². The second kappa shape index (κ2) is 11.1. The molecule has 0 aliphatic carbocycles. The van der Waals surface area contributed by atoms with E-state index in [1.54, 1.807) is 36.4 Å². The number of hydrazone groups is 1. The van der Waals surface area contributed by atoms with Gasteiger partial charge < -0.3 is 0 Å². The molecule has 0 heterocycles. The monoisotopic (exact) mass is 567 g/mol. The lowest BCUT2D eigenvalue weighted by Gasteiger charge is -2.21. The number of nitrogens with one attached hydrogen (secondary N) is 1. The largest absolute Gasteiger partial charge is 0.417 e. The third-order valence-electron chi connectivity index (χ3n) is 4.91. The van der Waals surface area contributed by atoms with Crippen molar-refractivity contribution in [2.75, 3.05) is 6.54 Å². The second-order valence-corrected chi connectivity index (χ2v) is 10.4. The molecule has 0 spiro atoms. The Balaban J connectivity index is 1.81. The molecule has 6 nitrogen and oxygen atoms in total. The molecule has 1 N–H and O–H groups in total. The molecule has 0 radical (unpaired) electrons. The molecule has 0 aliphatic rings. The van der Waals surface area contributed by atoms with E-state index < -0.39 is 34.2 Å². The lowest BCUT2D eigenvalue weighted by molar-refractivity contribution is -0.137. The van der Waals surface area contributed by atoms with E-state index in [4.69, 9.17) is 0 Å². The first-order chi connectivity index (χ1) is 16.5. The van der Waals surface area contributed by atoms with Crippen molar-refractivity contribution < 1.29 is 26.4 Å². The molecule has 0 aliphatic heterocycles. The lowest BCUT2D eigenvalue weighted by Crippen LogP contribution is -2.39. The summed E-state index contributed by atoms with van der Waals surface area (Å²) in [7, 11) is -4.06. The zero-order valence-electron chi connectivity index (χ0n) is 18.5. The van der Waals surface area contributed by atoms with Crippen LogP contribution in [-0.4, -0.2) is 31.4 Å². The van der Waals surface area contributed by atoms with E-state index in [0.29, 0.717) is 5.56 Å². The zero-order valence-corrected chi connectivity index (χ0v) is 20.9. The number of amides is 1. The van der Waals surface area contributed by atoms with Gasteiger partial charge in [0.05, 0.1) is 23.2 Å². The van der Waals surface area contributed by atoms with Crippen LogP contribution in [0.1, 0.15) is 22.3 Å². The first-order valence-corrected chi connectivity index (χ1v) is 12.5. The van der Waals surface area contributed by atoms with Crippen molar-refractivity contribution in [1.29, 1.82) is 0 Å². The molecule has 0 aromatic heterocycles. The van der Waals surface area contributed by atoms with Gasteiger partial charge >= 0.3 is 6.18 Å². The molecule has 184 valence electrons. The number of carbonyl (C=O) groups excluding carboxylic acids is 1. The highest BCUT2D eigenvalue weighted by atomic mass is 79.9. The minimum atomic E-state index is -4.59. The number of carbonyl (C=O) groups is 1. The molecule has 0 atom stereocenters. The summed E-state index contributed by atoms with van der Waals surface area (Å²) < 4.78 is 67.7. The van der Waals surface area contributed by atoms with Crippen molar-refractivity contribution in [3.63, 3.8) is 0 Å². The maximum atomic E-state index is 13.3. The van der Waals surface area contributed by atoms with Crippen LogP contribution in [-0.2, 0) is 27.5 Å². The lowest BCUT2D eigenvalue weighted by atomic mass is 10.1. The van der Waals surface area contributed by atoms with Crippen molar-refractivity contribution in [1.82, 2.24) is 9.73 Å². The quantitative estimate of drug-likeness (QED) is 0.303. The Bertz CT molecular complexity index is 1310. The van der Waals surface area contributed by atoms with E-state index in [-0.39, 0.29) is 17.0 Å². The molecular formula is C24H21BrF3N3O3S. The first-order valence-electron chi connectivity index (χ1n) is 10.3. The normalized spacial score (nSPS) is 12.3. The topological polar surface area (TPSA) is 78.8 Å². The average Bonchev–Trinajstić information content (AvgIpc) is 2.80. The number of aryl methyl sites for hydroxylation is 1. The van der Waals surface area contributed by atoms with Gasteiger partial charge in [0, 0.05) is 16.6 Å². The van der Waals surface area contributed by atoms with E-state index in [2.05, 4.69) is 26.5 Å². The fourth-order valence-electron chi connectivity index (χ4n) is 3.12. The van der Waals surface area contributed by atoms with Gasteiger partial charge in [-0.3, -0.25) is 4.79 Å². The molecule has 0 saturated carbocycles. The van der Waals surface area contributed by atoms with Gasteiger partial charge in [-0.15, -0.1) is 0 Å². The third-order valence-corrected chi connectivity index (χ3v) is 7.24. The predicted molar refractivity (Wildman–Crippen MR) is 130 cm³/mol. The van der Waals surface area contributed by atoms with Crippen LogP contribution in [0.25, 0.3) is 0 Å². The predicted octanol–water partition coefficient (Wildman–Crippen LogP) is 5.12. The summed E-state index contributed by atoms with van der Waals surface area (Å²) in [4.78, 5) is 12.6. The van der Waals surface area contributed by atoms with Crippen LogP contribution in [0.15, 0.2) is 87.3 Å². The van der Waals surface area contributed by atoms with Crippen LogP contribution in [0.5, 0.6) is 0 Å². The van der Waals surface area contributed by atoms with Crippen LogP contribution in [0, 0.1) is 6.92 Å². The third kappa shape index (κ3) is 7.23. The van der Waals surface area contributed by atoms with E-state index >= 15 is 0 Å². The van der Waals surface area contributed by atoms with Gasteiger partial charge in [-0.2, -0.15) is 22.6 Å². The molecule has 1 amide bonds. The summed E-state index contributed by atoms with van der Waals surface area (Å²) in [5.41, 5.74) is 2.48. The Morgan fingerprint density at radius 1 is 1.03 bits per heavy atom. The van der Waals surface area contributed by atoms with Gasteiger partial charge in [0.1, 0.15) is 0 Å². The van der Waals surface area contributed by atoms with Crippen LogP contribution >= 0.6 is 15.9 Å². The van der Waals surface area contributed by atoms with Gasteiger partial charge in [-0.05, 0) is 42.8 Å². The SMILES string of the molecule is Cc1ccc(S(=O)(=O)N(CC(=O)N/N=C\c2ccccc2C(F)(F)F)Cc2ccc(Br)cc2)cc1. The smallest absolute Gasteiger partial charge is 0.272 e. The average molecular weight is 568 g/mol. The van der Waals surface area contributed by atoms with Crippen LogP contribution in [0.4, 0.5) is 13.2 Å². The number of hydrogen-bond donors (Lipinski definition) is 1. The van der Waals surface area contributed by atoms with Gasteiger partial charge in [0.15, 0.2) is 0 Å². The van der Waals surface area contributed by atoms with Gasteiger partial charge in [0.25, 0.3) is 5.91 Å². The molecule has 3 rings (SSSR count). The Hall–Kier alpha value is -3.02. The Labute approximate surface area is 209 Å². The summed E-state index contributed by atoms with van der Waals surface area (Å²) in [6.45, 7) is 1.13. The Morgan fingerprint density at radius 2 is 1.66 bits per heavy atom. The summed E-state index contributed by atoms with van der Waals surface area (Å²) >= 11 is 3.32. The van der Waals surface area contributed by atoms with Crippen LogP contribution < -0.4 is 5.43 Å². The maximum absolute atomic E-state index is 13.3. The van der Waals surface area contributed by atoms with Gasteiger partial charge in [-0.1, -0.05) is 64.0 Å². The molecule has 0 saturated heterocycles. The molecule has 3 aromatic carbocycles. The zero-order chi connectivity index (χ0) is 25.6. The number of halogens is 4. The van der Waals surface area contributed by atoms with Crippen molar-refractivity contribution in [3.8, 4) is 0 Å². The molecule has 3 aromatic rings. The summed E-state index contributed by atoms with van der Waals surface area (Å²) in [6, 6.07) is 17.9. The van der Waals surface area contributed by atoms with Crippen LogP contribution in [0.2, 0.25) is 0 Å². The number of benzene rings is 3. The van der Waals surface area contributed by atoms with Crippen LogP contribution in [0.3, 0.4) is 0 Å². The second-order valence-electron chi connectivity index (χ2n) is 7.59. The standard InChI is InChI=1S/C24H21BrF3N3O3S/c1-17-6-12-21(13-7-17)35(33,34)31(15-18-8-10-20(25)11-9-18)16-23(32)30-29-14-19-4-2-3-5-22(19)24(26,27)28/h2-14H,15-16H2,1H3,(H,30,32)/b29-14-. The molecule has 0 bridgehead atoms. The minimum Gasteiger partial charge on any atom is -0.272 e. The summed E-state index contributed by atoms with van der Waals surface area (Å²) in [5, 5.41) is 3.60. The minimum absolute atomic E-state index is 0.00983. The molecule has 0 unspecified atom stereocenters.